The predicted molar refractivity (Wildman–Crippen MR) is 108 cm³/mol. The second kappa shape index (κ2) is 9.35. The topological polar surface area (TPSA) is 128 Å². The smallest absolute Gasteiger partial charge is 0.395 e. The monoisotopic (exact) mass is 487 g/mol. The lowest BCUT2D eigenvalue weighted by Crippen LogP contribution is -2.14. The summed E-state index contributed by atoms with van der Waals surface area (Å²) in [5.74, 6) is 0.306. The molecule has 1 heterocycles. The van der Waals surface area contributed by atoms with Crippen LogP contribution in [0.5, 0.6) is 17.4 Å². The van der Waals surface area contributed by atoms with Gasteiger partial charge >= 0.3 is 11.2 Å². The molecule has 0 fully saturated rings. The van der Waals surface area contributed by atoms with E-state index < -0.39 is 22.0 Å². The first kappa shape index (κ1) is 20.7. The molecule has 2 N–H and O–H groups in total. The average molecular weight is 487 g/mol. The zero-order chi connectivity index (χ0) is 20.0. The highest BCUT2D eigenvalue weighted by Crippen LogP contribution is 2.35. The third kappa shape index (κ3) is 5.18. The van der Waals surface area contributed by atoms with Crippen LogP contribution in [-0.2, 0) is 0 Å². The van der Waals surface area contributed by atoms with Crippen LogP contribution in [-0.4, -0.2) is 33.2 Å². The van der Waals surface area contributed by atoms with E-state index in [2.05, 4.69) is 32.6 Å². The number of ether oxygens (including phenoxy) is 2. The lowest BCUT2D eigenvalue weighted by Gasteiger charge is -2.14. The lowest BCUT2D eigenvalue weighted by atomic mass is 10.2. The molecule has 1 aromatic heterocycles. The molecule has 1 aromatic carbocycles. The van der Waals surface area contributed by atoms with Crippen molar-refractivity contribution in [3.8, 4) is 17.4 Å². The number of nitrogens with zero attached hydrogens (tertiary/aromatic N) is 2. The van der Waals surface area contributed by atoms with Gasteiger partial charge in [0.25, 0.3) is 5.88 Å². The number of hydrogen-bond donors (Lipinski definition) is 2. The maximum absolute atomic E-state index is 11.7. The van der Waals surface area contributed by atoms with Crippen LogP contribution in [0.4, 0.5) is 5.69 Å². The number of rotatable bonds is 8. The number of aromatic amines is 1. The molecule has 10 heteroatoms. The molecular formula is C17H18IN3O6. The Morgan fingerprint density at radius 1 is 1.33 bits per heavy atom. The second-order valence-corrected chi connectivity index (χ2v) is 6.49. The molecule has 0 aliphatic heterocycles. The minimum absolute atomic E-state index is 0.0117. The van der Waals surface area contributed by atoms with Crippen LogP contribution in [0.2, 0.25) is 0 Å². The molecule has 9 nitrogen and oxygen atoms in total. The molecule has 0 spiro atoms. The zero-order valence-electron chi connectivity index (χ0n) is 14.7. The van der Waals surface area contributed by atoms with E-state index in [4.69, 9.17) is 9.47 Å². The first-order chi connectivity index (χ1) is 12.9. The van der Waals surface area contributed by atoms with Crippen molar-refractivity contribution in [2.24, 2.45) is 0 Å². The highest BCUT2D eigenvalue weighted by atomic mass is 127. The van der Waals surface area contributed by atoms with Gasteiger partial charge in [-0.05, 0) is 59.7 Å². The maximum atomic E-state index is 11.7. The number of aromatic nitrogens is 2. The number of aromatic hydroxyl groups is 1. The summed E-state index contributed by atoms with van der Waals surface area (Å²) in [6.45, 7) is 4.92. The number of nitro groups is 1. The third-order valence-corrected chi connectivity index (χ3v) is 4.09. The van der Waals surface area contributed by atoms with Crippen LogP contribution in [0, 0.1) is 13.7 Å². The quantitative estimate of drug-likeness (QED) is 0.332. The van der Waals surface area contributed by atoms with Gasteiger partial charge in [0, 0.05) is 0 Å². The van der Waals surface area contributed by atoms with Crippen molar-refractivity contribution in [2.45, 2.75) is 20.3 Å². The van der Waals surface area contributed by atoms with E-state index in [1.807, 2.05) is 19.9 Å². The minimum Gasteiger partial charge on any atom is -0.490 e. The fourth-order valence-electron chi connectivity index (χ4n) is 2.18. The van der Waals surface area contributed by atoms with E-state index in [9.17, 15) is 20.0 Å². The Morgan fingerprint density at radius 2 is 2.07 bits per heavy atom. The van der Waals surface area contributed by atoms with Crippen LogP contribution < -0.4 is 15.0 Å². The molecule has 0 aliphatic carbocycles. The highest BCUT2D eigenvalue weighted by molar-refractivity contribution is 14.1. The summed E-state index contributed by atoms with van der Waals surface area (Å²) >= 11 is 2.14. The van der Waals surface area contributed by atoms with E-state index in [1.165, 1.54) is 6.08 Å². The Bertz CT molecular complexity index is 926. The van der Waals surface area contributed by atoms with Gasteiger partial charge in [0.2, 0.25) is 0 Å². The van der Waals surface area contributed by atoms with Crippen molar-refractivity contribution in [2.75, 3.05) is 13.2 Å². The van der Waals surface area contributed by atoms with Gasteiger partial charge in [-0.1, -0.05) is 13.0 Å². The van der Waals surface area contributed by atoms with Crippen LogP contribution in [0.25, 0.3) is 12.2 Å². The molecule has 0 amide bonds. The highest BCUT2D eigenvalue weighted by Gasteiger charge is 2.21. The third-order valence-electron chi connectivity index (χ3n) is 3.29. The molecule has 0 bridgehead atoms. The van der Waals surface area contributed by atoms with Crippen LogP contribution in [0.1, 0.15) is 31.7 Å². The summed E-state index contributed by atoms with van der Waals surface area (Å²) in [6.07, 6.45) is 3.93. The Morgan fingerprint density at radius 3 is 2.67 bits per heavy atom. The molecule has 0 aliphatic rings. The Hall–Kier alpha value is -2.63. The summed E-state index contributed by atoms with van der Waals surface area (Å²) in [5, 5.41) is 20.3. The van der Waals surface area contributed by atoms with Crippen LogP contribution in [0.15, 0.2) is 16.9 Å². The second-order valence-electron chi connectivity index (χ2n) is 5.33. The number of benzene rings is 1. The molecule has 27 heavy (non-hydrogen) atoms. The molecule has 0 saturated heterocycles. The van der Waals surface area contributed by atoms with Gasteiger partial charge in [-0.15, -0.1) is 0 Å². The van der Waals surface area contributed by atoms with E-state index in [1.54, 1.807) is 12.1 Å². The minimum atomic E-state index is -1.03. The Balaban J connectivity index is 2.36. The van der Waals surface area contributed by atoms with Gasteiger partial charge in [-0.2, -0.15) is 4.98 Å². The lowest BCUT2D eigenvalue weighted by molar-refractivity contribution is -0.387. The first-order valence-electron chi connectivity index (χ1n) is 8.12. The summed E-state index contributed by atoms with van der Waals surface area (Å²) in [5.41, 5.74) is -1.27. The molecular weight excluding hydrogens is 469 g/mol. The van der Waals surface area contributed by atoms with Crippen molar-refractivity contribution >= 4 is 40.4 Å². The molecule has 2 aromatic rings. The summed E-state index contributed by atoms with van der Waals surface area (Å²) < 4.78 is 12.2. The summed E-state index contributed by atoms with van der Waals surface area (Å²) in [6, 6.07) is 3.63. The van der Waals surface area contributed by atoms with Gasteiger partial charge in [0.15, 0.2) is 11.5 Å². The van der Waals surface area contributed by atoms with Crippen molar-refractivity contribution in [3.63, 3.8) is 0 Å². The van der Waals surface area contributed by atoms with Crippen molar-refractivity contribution in [3.05, 3.63) is 47.6 Å². The fourth-order valence-corrected chi connectivity index (χ4v) is 2.96. The zero-order valence-corrected chi connectivity index (χ0v) is 16.8. The van der Waals surface area contributed by atoms with Crippen molar-refractivity contribution in [1.82, 2.24) is 9.97 Å². The van der Waals surface area contributed by atoms with Crippen LogP contribution in [0.3, 0.4) is 0 Å². The van der Waals surface area contributed by atoms with Gasteiger partial charge in [0.1, 0.15) is 5.82 Å². The number of nitrogens with one attached hydrogen (secondary N) is 1. The standard InChI is InChI=1S/C17H18IN3O6/c1-3-7-27-15-11(18)8-10(9-12(15)26-4-2)5-6-13-19-16(22)14(21(24)25)17(23)20-13/h5-6,8-9H,3-4,7H2,1-2H3,(H2,19,20,22,23)/b6-5+. The van der Waals surface area contributed by atoms with E-state index in [0.29, 0.717) is 24.7 Å². The van der Waals surface area contributed by atoms with Gasteiger partial charge in [-0.3, -0.25) is 14.9 Å². The molecule has 0 radical (unpaired) electrons. The Labute approximate surface area is 168 Å². The van der Waals surface area contributed by atoms with Crippen LogP contribution >= 0.6 is 22.6 Å². The SMILES string of the molecule is CCCOc1c(I)cc(/C=C/c2nc(O)c([N+](=O)[O-])c(=O)[nH]2)cc1OCC. The van der Waals surface area contributed by atoms with Gasteiger partial charge < -0.3 is 19.6 Å². The average Bonchev–Trinajstić information content (AvgIpc) is 2.58. The summed E-state index contributed by atoms with van der Waals surface area (Å²) in [7, 11) is 0. The number of halogens is 1. The van der Waals surface area contributed by atoms with Gasteiger partial charge in [0.05, 0.1) is 21.7 Å². The normalized spacial score (nSPS) is 10.9. The molecule has 0 saturated carbocycles. The van der Waals surface area contributed by atoms with E-state index in [-0.39, 0.29) is 5.82 Å². The van der Waals surface area contributed by atoms with E-state index in [0.717, 1.165) is 15.6 Å². The summed E-state index contributed by atoms with van der Waals surface area (Å²) in [4.78, 5) is 27.3. The van der Waals surface area contributed by atoms with Crippen molar-refractivity contribution in [1.29, 1.82) is 0 Å². The Kier molecular flexibility index (Phi) is 7.16. The molecule has 2 rings (SSSR count). The predicted octanol–water partition coefficient (Wildman–Crippen LogP) is 3.35. The number of hydrogen-bond acceptors (Lipinski definition) is 7. The largest absolute Gasteiger partial charge is 0.490 e. The van der Waals surface area contributed by atoms with Gasteiger partial charge in [-0.25, -0.2) is 0 Å². The molecule has 144 valence electrons. The maximum Gasteiger partial charge on any atom is 0.395 e. The first-order valence-corrected chi connectivity index (χ1v) is 9.20. The fraction of sp³-hybridized carbons (Fsp3) is 0.294. The molecule has 0 unspecified atom stereocenters. The number of H-pyrrole nitrogens is 1. The molecule has 0 atom stereocenters. The van der Waals surface area contributed by atoms with Crippen molar-refractivity contribution < 1.29 is 19.5 Å². The van der Waals surface area contributed by atoms with E-state index >= 15 is 0 Å².